The van der Waals surface area contributed by atoms with Gasteiger partial charge in [-0.05, 0) is 129 Å². The number of hydrogen-bond acceptors (Lipinski definition) is 2. The van der Waals surface area contributed by atoms with E-state index in [1.165, 1.54) is 44.2 Å². The molecule has 0 fully saturated rings. The van der Waals surface area contributed by atoms with Crippen molar-refractivity contribution in [2.75, 3.05) is 9.80 Å². The molecule has 260 valence electrons. The summed E-state index contributed by atoms with van der Waals surface area (Å²) in [4.78, 5) is 4.71. The summed E-state index contributed by atoms with van der Waals surface area (Å²) in [7, 11) is 0. The van der Waals surface area contributed by atoms with Crippen molar-refractivity contribution in [3.8, 4) is 11.1 Å². The average Bonchev–Trinajstić information content (AvgIpc) is 3.54. The summed E-state index contributed by atoms with van der Waals surface area (Å²) in [6.45, 7) is 0. The fourth-order valence-electron chi connectivity index (χ4n) is 8.69. The van der Waals surface area contributed by atoms with E-state index in [2.05, 4.69) is 240 Å². The minimum Gasteiger partial charge on any atom is -0.310 e. The van der Waals surface area contributed by atoms with E-state index in [-0.39, 0.29) is 0 Å². The van der Waals surface area contributed by atoms with E-state index in [0.717, 1.165) is 34.1 Å². The lowest BCUT2D eigenvalue weighted by Crippen LogP contribution is -2.28. The summed E-state index contributed by atoms with van der Waals surface area (Å²) in [5.41, 5.74) is 13.7. The van der Waals surface area contributed by atoms with Gasteiger partial charge in [0.05, 0.1) is 5.41 Å². The molecule has 9 aromatic carbocycles. The Labute approximate surface area is 322 Å². The van der Waals surface area contributed by atoms with E-state index >= 15 is 0 Å². The van der Waals surface area contributed by atoms with Crippen LogP contribution in [-0.2, 0) is 5.41 Å². The topological polar surface area (TPSA) is 6.48 Å². The van der Waals surface area contributed by atoms with E-state index in [4.69, 9.17) is 0 Å². The smallest absolute Gasteiger partial charge is 0.0714 e. The molecule has 0 heterocycles. The Morgan fingerprint density at radius 1 is 0.255 bits per heavy atom. The van der Waals surface area contributed by atoms with Crippen molar-refractivity contribution >= 4 is 44.9 Å². The highest BCUT2D eigenvalue weighted by molar-refractivity contribution is 5.98. The predicted octanol–water partition coefficient (Wildman–Crippen LogP) is 14.1. The average molecular weight is 703 g/mol. The third-order valence-electron chi connectivity index (χ3n) is 11.0. The van der Waals surface area contributed by atoms with Gasteiger partial charge >= 0.3 is 0 Å². The number of fused-ring (bicyclic) bond motifs is 4. The third kappa shape index (κ3) is 5.50. The molecule has 1 aliphatic carbocycles. The Morgan fingerprint density at radius 3 is 1.09 bits per heavy atom. The minimum atomic E-state index is -0.564. The molecule has 55 heavy (non-hydrogen) atoms. The largest absolute Gasteiger partial charge is 0.310 e. The number of nitrogens with zero attached hydrogens (tertiary/aromatic N) is 2. The van der Waals surface area contributed by atoms with Gasteiger partial charge in [-0.15, -0.1) is 0 Å². The number of rotatable bonds is 8. The van der Waals surface area contributed by atoms with Crippen LogP contribution in [0.25, 0.3) is 21.9 Å². The molecule has 0 bridgehead atoms. The predicted molar refractivity (Wildman–Crippen MR) is 231 cm³/mol. The van der Waals surface area contributed by atoms with Gasteiger partial charge < -0.3 is 9.80 Å². The van der Waals surface area contributed by atoms with Crippen molar-refractivity contribution in [3.05, 3.63) is 253 Å². The Bertz CT molecular complexity index is 2610. The summed E-state index contributed by atoms with van der Waals surface area (Å²) in [5, 5.41) is 2.42. The second-order valence-corrected chi connectivity index (χ2v) is 14.2. The van der Waals surface area contributed by atoms with Crippen LogP contribution in [0.4, 0.5) is 34.1 Å². The van der Waals surface area contributed by atoms with Gasteiger partial charge in [0, 0.05) is 34.1 Å². The monoisotopic (exact) mass is 702 g/mol. The summed E-state index contributed by atoms with van der Waals surface area (Å²) in [6.07, 6.45) is 0. The van der Waals surface area contributed by atoms with E-state index in [1.54, 1.807) is 0 Å². The number of anilines is 6. The van der Waals surface area contributed by atoms with E-state index in [1.807, 2.05) is 0 Å². The highest BCUT2D eigenvalue weighted by atomic mass is 15.1. The Morgan fingerprint density at radius 2 is 0.636 bits per heavy atom. The van der Waals surface area contributed by atoms with Crippen LogP contribution >= 0.6 is 0 Å². The quantitative estimate of drug-likeness (QED) is 0.156. The van der Waals surface area contributed by atoms with Crippen molar-refractivity contribution in [2.45, 2.75) is 5.41 Å². The lowest BCUT2D eigenvalue weighted by Gasteiger charge is -2.35. The molecule has 0 spiro atoms. The molecule has 0 atom stereocenters. The molecular weight excluding hydrogens is 665 g/mol. The van der Waals surface area contributed by atoms with E-state index in [0.29, 0.717) is 0 Å². The first-order valence-electron chi connectivity index (χ1n) is 18.9. The molecular formula is C53H38N2. The van der Waals surface area contributed by atoms with Gasteiger partial charge in [-0.2, -0.15) is 0 Å². The molecule has 0 amide bonds. The molecule has 0 radical (unpaired) electrons. The zero-order valence-electron chi connectivity index (χ0n) is 30.3. The first kappa shape index (κ1) is 32.5. The molecule has 0 saturated heterocycles. The van der Waals surface area contributed by atoms with Gasteiger partial charge in [0.1, 0.15) is 0 Å². The summed E-state index contributed by atoms with van der Waals surface area (Å²) in [6, 6.07) is 83.7. The second-order valence-electron chi connectivity index (χ2n) is 14.2. The Hall–Kier alpha value is -7.16. The standard InChI is InChI=1S/C53H38N2/c1-7-19-41(20-8-1)53(42-21-9-2-10-22-42)51-37-40-35-47(54(43-23-11-3-12-24-43)44-25-13-4-14-26-44)32-31-39(40)36-50(51)49-34-33-48(38-52(49)53)55(45-27-15-5-16-28-45)46-29-17-6-18-30-46/h1-38H. The van der Waals surface area contributed by atoms with Gasteiger partial charge in [0.15, 0.2) is 0 Å². The molecule has 10 rings (SSSR count). The molecule has 0 N–H and O–H groups in total. The van der Waals surface area contributed by atoms with E-state index in [9.17, 15) is 0 Å². The highest BCUT2D eigenvalue weighted by Crippen LogP contribution is 2.58. The fourth-order valence-corrected chi connectivity index (χ4v) is 8.69. The summed E-state index contributed by atoms with van der Waals surface area (Å²) in [5.74, 6) is 0. The van der Waals surface area contributed by atoms with Crippen LogP contribution in [0.5, 0.6) is 0 Å². The van der Waals surface area contributed by atoms with Crippen molar-refractivity contribution < 1.29 is 0 Å². The Kier molecular flexibility index (Phi) is 8.08. The van der Waals surface area contributed by atoms with Gasteiger partial charge in [-0.25, -0.2) is 0 Å². The van der Waals surface area contributed by atoms with Gasteiger partial charge in [-0.1, -0.05) is 146 Å². The minimum absolute atomic E-state index is 0.564. The normalized spacial score (nSPS) is 12.5. The van der Waals surface area contributed by atoms with Crippen LogP contribution < -0.4 is 9.80 Å². The van der Waals surface area contributed by atoms with Gasteiger partial charge in [0.25, 0.3) is 0 Å². The van der Waals surface area contributed by atoms with Crippen molar-refractivity contribution in [2.24, 2.45) is 0 Å². The van der Waals surface area contributed by atoms with Crippen molar-refractivity contribution in [1.82, 2.24) is 0 Å². The lowest BCUT2D eigenvalue weighted by molar-refractivity contribution is 0.769. The maximum atomic E-state index is 2.47. The van der Waals surface area contributed by atoms with Gasteiger partial charge in [-0.3, -0.25) is 0 Å². The number of hydrogen-bond donors (Lipinski definition) is 0. The van der Waals surface area contributed by atoms with Gasteiger partial charge in [0.2, 0.25) is 0 Å². The maximum Gasteiger partial charge on any atom is 0.0714 e. The van der Waals surface area contributed by atoms with Crippen LogP contribution in [0.15, 0.2) is 231 Å². The van der Waals surface area contributed by atoms with Crippen LogP contribution in [0, 0.1) is 0 Å². The van der Waals surface area contributed by atoms with Crippen molar-refractivity contribution in [3.63, 3.8) is 0 Å². The van der Waals surface area contributed by atoms with Crippen LogP contribution in [0.3, 0.4) is 0 Å². The van der Waals surface area contributed by atoms with Crippen LogP contribution in [-0.4, -0.2) is 0 Å². The zero-order chi connectivity index (χ0) is 36.6. The Balaban J connectivity index is 1.24. The fraction of sp³-hybridized carbons (Fsp3) is 0.0189. The summed E-state index contributed by atoms with van der Waals surface area (Å²) >= 11 is 0. The lowest BCUT2D eigenvalue weighted by atomic mass is 9.67. The van der Waals surface area contributed by atoms with Crippen LogP contribution in [0.1, 0.15) is 22.3 Å². The van der Waals surface area contributed by atoms with E-state index < -0.39 is 5.41 Å². The molecule has 0 saturated carbocycles. The van der Waals surface area contributed by atoms with Crippen molar-refractivity contribution in [1.29, 1.82) is 0 Å². The SMILES string of the molecule is c1ccc(N(c2ccccc2)c2ccc3c(c2)C(c2ccccc2)(c2ccccc2)c2cc4cc(N(c5ccccc5)c5ccccc5)ccc4cc2-3)cc1. The zero-order valence-corrected chi connectivity index (χ0v) is 30.3. The molecule has 1 aliphatic rings. The van der Waals surface area contributed by atoms with Crippen LogP contribution in [0.2, 0.25) is 0 Å². The second kappa shape index (κ2) is 13.7. The first-order valence-corrected chi connectivity index (χ1v) is 18.9. The summed E-state index contributed by atoms with van der Waals surface area (Å²) < 4.78 is 0. The maximum absolute atomic E-state index is 2.47. The first-order chi connectivity index (χ1) is 27.3. The number of benzene rings is 9. The molecule has 0 unspecified atom stereocenters. The highest BCUT2D eigenvalue weighted by Gasteiger charge is 2.46. The number of para-hydroxylation sites is 4. The molecule has 2 nitrogen and oxygen atoms in total. The molecule has 2 heteroatoms. The third-order valence-corrected chi connectivity index (χ3v) is 11.0. The molecule has 9 aromatic rings. The molecule has 0 aliphatic heterocycles. The molecule has 0 aromatic heterocycles.